The summed E-state index contributed by atoms with van der Waals surface area (Å²) >= 11 is 0. The average molecular weight is 391 g/mol. The van der Waals surface area contributed by atoms with E-state index in [1.807, 2.05) is 49.4 Å². The van der Waals surface area contributed by atoms with Crippen LogP contribution in [0.4, 0.5) is 0 Å². The molecule has 0 aliphatic rings. The number of rotatable bonds is 5. The summed E-state index contributed by atoms with van der Waals surface area (Å²) in [5, 5.41) is 5.47. The van der Waals surface area contributed by atoms with Crippen LogP contribution in [0.1, 0.15) is 34.5 Å². The van der Waals surface area contributed by atoms with Gasteiger partial charge in [-0.15, -0.1) is 24.8 Å². The van der Waals surface area contributed by atoms with E-state index >= 15 is 0 Å². The Hall–Kier alpha value is -2.07. The fourth-order valence-electron chi connectivity index (χ4n) is 3.10. The summed E-state index contributed by atoms with van der Waals surface area (Å²) in [7, 11) is 0. The molecule has 5 heteroatoms. The van der Waals surface area contributed by atoms with Crippen molar-refractivity contribution in [3.05, 3.63) is 83.4 Å². The van der Waals surface area contributed by atoms with E-state index in [2.05, 4.69) is 29.6 Å². The second-order valence-electron chi connectivity index (χ2n) is 5.96. The van der Waals surface area contributed by atoms with Crippen LogP contribution in [0, 0.1) is 0 Å². The van der Waals surface area contributed by atoms with Gasteiger partial charge in [-0.1, -0.05) is 60.7 Å². The predicted octanol–water partition coefficient (Wildman–Crippen LogP) is 4.68. The highest BCUT2D eigenvalue weighted by Crippen LogP contribution is 2.24. The zero-order valence-electron chi connectivity index (χ0n) is 14.6. The molecule has 0 saturated carbocycles. The molecule has 3 N–H and O–H groups in total. The lowest BCUT2D eigenvalue weighted by Gasteiger charge is -2.18. The van der Waals surface area contributed by atoms with Gasteiger partial charge in [-0.05, 0) is 47.9 Å². The third-order valence-electron chi connectivity index (χ3n) is 4.31. The minimum Gasteiger partial charge on any atom is -0.345 e. The van der Waals surface area contributed by atoms with E-state index in [1.165, 1.54) is 10.8 Å². The van der Waals surface area contributed by atoms with Gasteiger partial charge in [-0.2, -0.15) is 0 Å². The van der Waals surface area contributed by atoms with E-state index in [-0.39, 0.29) is 36.8 Å². The molecular weight excluding hydrogens is 367 g/mol. The lowest BCUT2D eigenvalue weighted by molar-refractivity contribution is 0.0939. The molecule has 0 aliphatic heterocycles. The number of nitrogens with two attached hydrogens (primary N) is 1. The molecule has 0 bridgehead atoms. The molecule has 0 unspecified atom stereocenters. The highest BCUT2D eigenvalue weighted by Gasteiger charge is 2.15. The number of benzene rings is 3. The molecule has 3 rings (SSSR count). The van der Waals surface area contributed by atoms with Gasteiger partial charge >= 0.3 is 0 Å². The number of hydrogen-bond acceptors (Lipinski definition) is 2. The van der Waals surface area contributed by atoms with Crippen molar-refractivity contribution in [3.8, 4) is 0 Å². The Morgan fingerprint density at radius 1 is 0.962 bits per heavy atom. The Labute approximate surface area is 166 Å². The molecule has 26 heavy (non-hydrogen) atoms. The van der Waals surface area contributed by atoms with Crippen LogP contribution in [-0.2, 0) is 6.42 Å². The number of halogens is 2. The van der Waals surface area contributed by atoms with Gasteiger partial charge in [0.05, 0.1) is 6.04 Å². The van der Waals surface area contributed by atoms with Crippen LogP contribution in [0.3, 0.4) is 0 Å². The van der Waals surface area contributed by atoms with Crippen LogP contribution in [-0.4, -0.2) is 12.5 Å². The smallest absolute Gasteiger partial charge is 0.252 e. The van der Waals surface area contributed by atoms with E-state index < -0.39 is 0 Å². The Kier molecular flexibility index (Phi) is 8.59. The number of fused-ring (bicyclic) bond motifs is 1. The minimum absolute atomic E-state index is 0. The molecule has 0 heterocycles. The quantitative estimate of drug-likeness (QED) is 0.664. The summed E-state index contributed by atoms with van der Waals surface area (Å²) in [4.78, 5) is 12.7. The van der Waals surface area contributed by atoms with E-state index in [0.717, 1.165) is 11.1 Å². The molecule has 0 aliphatic carbocycles. The van der Waals surface area contributed by atoms with Gasteiger partial charge in [-0.25, -0.2) is 0 Å². The molecule has 0 fully saturated rings. The van der Waals surface area contributed by atoms with Gasteiger partial charge in [0.2, 0.25) is 0 Å². The van der Waals surface area contributed by atoms with Crippen molar-refractivity contribution in [2.24, 2.45) is 5.73 Å². The second kappa shape index (κ2) is 10.2. The maximum absolute atomic E-state index is 12.7. The van der Waals surface area contributed by atoms with Gasteiger partial charge in [0.15, 0.2) is 0 Å². The molecule has 3 aromatic rings. The molecule has 3 aromatic carbocycles. The first kappa shape index (κ1) is 22.0. The highest BCUT2D eigenvalue weighted by atomic mass is 35.5. The first-order valence-electron chi connectivity index (χ1n) is 8.27. The molecule has 0 spiro atoms. The molecule has 138 valence electrons. The van der Waals surface area contributed by atoms with Gasteiger partial charge in [0, 0.05) is 5.56 Å². The molecular formula is C21H24Cl2N2O. The van der Waals surface area contributed by atoms with Crippen LogP contribution in [0.5, 0.6) is 0 Å². The van der Waals surface area contributed by atoms with Crippen molar-refractivity contribution in [1.82, 2.24) is 5.32 Å². The molecule has 0 aromatic heterocycles. The van der Waals surface area contributed by atoms with Crippen LogP contribution in [0.25, 0.3) is 10.8 Å². The third-order valence-corrected chi connectivity index (χ3v) is 4.31. The predicted molar refractivity (Wildman–Crippen MR) is 114 cm³/mol. The first-order valence-corrected chi connectivity index (χ1v) is 8.27. The van der Waals surface area contributed by atoms with E-state index in [9.17, 15) is 4.79 Å². The maximum atomic E-state index is 12.7. The number of carbonyl (C=O) groups is 1. The topological polar surface area (TPSA) is 55.1 Å². The molecule has 1 atom stereocenters. The standard InChI is InChI=1S/C21H22N2O.2ClH/c1-15(18-12-6-9-16-7-2-4-10-19(16)18)23-21(24)20-11-5-3-8-17(20)13-14-22;;/h2-12,15H,13-14,22H2,1H3,(H,23,24);2*1H/t15-;;/m1../s1. The van der Waals surface area contributed by atoms with Crippen molar-refractivity contribution in [2.75, 3.05) is 6.54 Å². The summed E-state index contributed by atoms with van der Waals surface area (Å²) in [6.45, 7) is 2.55. The van der Waals surface area contributed by atoms with Crippen LogP contribution in [0.2, 0.25) is 0 Å². The fourth-order valence-corrected chi connectivity index (χ4v) is 3.10. The summed E-state index contributed by atoms with van der Waals surface area (Å²) in [6.07, 6.45) is 0.701. The monoisotopic (exact) mass is 390 g/mol. The van der Waals surface area contributed by atoms with Crippen LogP contribution < -0.4 is 11.1 Å². The van der Waals surface area contributed by atoms with E-state index in [1.54, 1.807) is 0 Å². The molecule has 1 amide bonds. The van der Waals surface area contributed by atoms with Gasteiger partial charge in [-0.3, -0.25) is 4.79 Å². The Bertz CT molecular complexity index is 862. The maximum Gasteiger partial charge on any atom is 0.252 e. The Morgan fingerprint density at radius 2 is 1.62 bits per heavy atom. The third kappa shape index (κ3) is 4.76. The summed E-state index contributed by atoms with van der Waals surface area (Å²) in [6, 6.07) is 22.0. The lowest BCUT2D eigenvalue weighted by Crippen LogP contribution is -2.28. The van der Waals surface area contributed by atoms with Gasteiger partial charge in [0.25, 0.3) is 5.91 Å². The summed E-state index contributed by atoms with van der Waals surface area (Å²) < 4.78 is 0. The van der Waals surface area contributed by atoms with E-state index in [0.29, 0.717) is 18.5 Å². The number of nitrogens with one attached hydrogen (secondary N) is 1. The van der Waals surface area contributed by atoms with Crippen molar-refractivity contribution in [1.29, 1.82) is 0 Å². The van der Waals surface area contributed by atoms with Gasteiger partial charge < -0.3 is 11.1 Å². The largest absolute Gasteiger partial charge is 0.345 e. The molecule has 0 saturated heterocycles. The van der Waals surface area contributed by atoms with Crippen LogP contribution in [0.15, 0.2) is 66.7 Å². The van der Waals surface area contributed by atoms with E-state index in [4.69, 9.17) is 5.73 Å². The number of carbonyl (C=O) groups excluding carboxylic acids is 1. The fraction of sp³-hybridized carbons (Fsp3) is 0.190. The highest BCUT2D eigenvalue weighted by molar-refractivity contribution is 5.96. The molecule has 3 nitrogen and oxygen atoms in total. The zero-order valence-corrected chi connectivity index (χ0v) is 16.3. The van der Waals surface area contributed by atoms with Crippen molar-refractivity contribution in [2.45, 2.75) is 19.4 Å². The average Bonchev–Trinajstić information content (AvgIpc) is 2.62. The van der Waals surface area contributed by atoms with Crippen LogP contribution >= 0.6 is 24.8 Å². The Balaban J connectivity index is 0.00000169. The minimum atomic E-state index is -0.0745. The van der Waals surface area contributed by atoms with Crippen molar-refractivity contribution >= 4 is 41.5 Å². The number of hydrogen-bond donors (Lipinski definition) is 2. The van der Waals surface area contributed by atoms with Crippen molar-refractivity contribution in [3.63, 3.8) is 0 Å². The van der Waals surface area contributed by atoms with Crippen molar-refractivity contribution < 1.29 is 4.79 Å². The zero-order chi connectivity index (χ0) is 16.9. The number of amides is 1. The first-order chi connectivity index (χ1) is 11.7. The molecule has 0 radical (unpaired) electrons. The summed E-state index contributed by atoms with van der Waals surface area (Å²) in [5.74, 6) is -0.0560. The Morgan fingerprint density at radius 3 is 2.38 bits per heavy atom. The summed E-state index contributed by atoms with van der Waals surface area (Å²) in [5.41, 5.74) is 8.47. The normalized spacial score (nSPS) is 11.2. The lowest BCUT2D eigenvalue weighted by atomic mass is 9.98. The SMILES string of the molecule is C[C@@H](NC(=O)c1ccccc1CCN)c1cccc2ccccc12.Cl.Cl. The second-order valence-corrected chi connectivity index (χ2v) is 5.96. The van der Waals surface area contributed by atoms with Gasteiger partial charge in [0.1, 0.15) is 0 Å².